The Labute approximate surface area is 97.6 Å². The Balaban J connectivity index is 1.94. The Bertz CT molecular complexity index is 367. The highest BCUT2D eigenvalue weighted by molar-refractivity contribution is 5.37. The fourth-order valence-electron chi connectivity index (χ4n) is 3.30. The van der Waals surface area contributed by atoms with Crippen LogP contribution in [0.15, 0.2) is 24.3 Å². The van der Waals surface area contributed by atoms with Crippen molar-refractivity contribution in [2.24, 2.45) is 0 Å². The van der Waals surface area contributed by atoms with Gasteiger partial charge in [-0.05, 0) is 50.5 Å². The quantitative estimate of drug-likeness (QED) is 0.813. The Morgan fingerprint density at radius 3 is 2.69 bits per heavy atom. The summed E-state index contributed by atoms with van der Waals surface area (Å²) in [7, 11) is 2.10. The van der Waals surface area contributed by atoms with Crippen molar-refractivity contribution in [3.63, 3.8) is 0 Å². The van der Waals surface area contributed by atoms with E-state index in [1.54, 1.807) is 11.1 Å². The standard InChI is InChI=1S/C14H20N2/c1-15-13-10-11-6-2-3-7-12(11)14(13)16-8-4-5-9-16/h2-3,6-7,13-15H,4-5,8-10H2,1H3. The smallest absolute Gasteiger partial charge is 0.0507 e. The third-order valence-corrected chi connectivity index (χ3v) is 4.10. The first-order valence-corrected chi connectivity index (χ1v) is 6.39. The van der Waals surface area contributed by atoms with E-state index in [0.717, 1.165) is 0 Å². The van der Waals surface area contributed by atoms with E-state index in [4.69, 9.17) is 0 Å². The summed E-state index contributed by atoms with van der Waals surface area (Å²) in [6, 6.07) is 10.2. The lowest BCUT2D eigenvalue weighted by molar-refractivity contribution is 0.210. The average molecular weight is 216 g/mol. The summed E-state index contributed by atoms with van der Waals surface area (Å²) in [5, 5.41) is 3.50. The number of benzene rings is 1. The molecule has 0 radical (unpaired) electrons. The van der Waals surface area contributed by atoms with E-state index in [1.165, 1.54) is 32.4 Å². The summed E-state index contributed by atoms with van der Waals surface area (Å²) in [6.07, 6.45) is 3.93. The lowest BCUT2D eigenvalue weighted by Gasteiger charge is -2.29. The van der Waals surface area contributed by atoms with Gasteiger partial charge in [-0.2, -0.15) is 0 Å². The zero-order chi connectivity index (χ0) is 11.0. The summed E-state index contributed by atoms with van der Waals surface area (Å²) >= 11 is 0. The van der Waals surface area contributed by atoms with Gasteiger partial charge in [-0.25, -0.2) is 0 Å². The van der Waals surface area contributed by atoms with Crippen molar-refractivity contribution in [1.29, 1.82) is 0 Å². The first kappa shape index (κ1) is 10.3. The molecule has 0 bridgehead atoms. The molecule has 1 aliphatic carbocycles. The summed E-state index contributed by atoms with van der Waals surface area (Å²) in [5.74, 6) is 0. The minimum Gasteiger partial charge on any atom is -0.315 e. The topological polar surface area (TPSA) is 15.3 Å². The van der Waals surface area contributed by atoms with E-state index in [2.05, 4.69) is 41.5 Å². The van der Waals surface area contributed by atoms with Gasteiger partial charge in [0.15, 0.2) is 0 Å². The average Bonchev–Trinajstić information content (AvgIpc) is 2.94. The Kier molecular flexibility index (Phi) is 2.70. The maximum atomic E-state index is 3.50. The molecule has 1 heterocycles. The van der Waals surface area contributed by atoms with Crippen LogP contribution in [-0.4, -0.2) is 31.1 Å². The fourth-order valence-corrected chi connectivity index (χ4v) is 3.30. The Morgan fingerprint density at radius 1 is 1.19 bits per heavy atom. The predicted molar refractivity (Wildman–Crippen MR) is 66.5 cm³/mol. The number of hydrogen-bond acceptors (Lipinski definition) is 2. The molecule has 2 unspecified atom stereocenters. The van der Waals surface area contributed by atoms with Gasteiger partial charge in [0, 0.05) is 6.04 Å². The molecule has 3 rings (SSSR count). The molecule has 86 valence electrons. The van der Waals surface area contributed by atoms with Gasteiger partial charge in [0.1, 0.15) is 0 Å². The van der Waals surface area contributed by atoms with Crippen molar-refractivity contribution in [3.05, 3.63) is 35.4 Å². The van der Waals surface area contributed by atoms with Crippen molar-refractivity contribution in [3.8, 4) is 0 Å². The van der Waals surface area contributed by atoms with Gasteiger partial charge in [0.2, 0.25) is 0 Å². The molecule has 1 saturated heterocycles. The van der Waals surface area contributed by atoms with Crippen LogP contribution in [0.4, 0.5) is 0 Å². The molecule has 1 aromatic carbocycles. The van der Waals surface area contributed by atoms with E-state index in [1.807, 2.05) is 0 Å². The molecular weight excluding hydrogens is 196 g/mol. The molecule has 0 saturated carbocycles. The number of likely N-dealkylation sites (tertiary alicyclic amines) is 1. The minimum atomic E-state index is 0.607. The van der Waals surface area contributed by atoms with Gasteiger partial charge in [-0.15, -0.1) is 0 Å². The van der Waals surface area contributed by atoms with Crippen LogP contribution < -0.4 is 5.32 Å². The molecule has 2 heteroatoms. The zero-order valence-corrected chi connectivity index (χ0v) is 9.95. The van der Waals surface area contributed by atoms with Gasteiger partial charge < -0.3 is 5.32 Å². The molecule has 0 aromatic heterocycles. The summed E-state index contributed by atoms with van der Waals surface area (Å²) < 4.78 is 0. The van der Waals surface area contributed by atoms with Crippen molar-refractivity contribution < 1.29 is 0 Å². The molecule has 1 N–H and O–H groups in total. The molecule has 1 fully saturated rings. The van der Waals surface area contributed by atoms with E-state index in [0.29, 0.717) is 12.1 Å². The van der Waals surface area contributed by atoms with E-state index >= 15 is 0 Å². The third kappa shape index (κ3) is 1.57. The molecule has 16 heavy (non-hydrogen) atoms. The molecule has 2 aliphatic rings. The fraction of sp³-hybridized carbons (Fsp3) is 0.571. The van der Waals surface area contributed by atoms with Crippen molar-refractivity contribution in [2.75, 3.05) is 20.1 Å². The van der Waals surface area contributed by atoms with Crippen LogP contribution in [0.25, 0.3) is 0 Å². The lowest BCUT2D eigenvalue weighted by Crippen LogP contribution is -2.39. The first-order valence-electron chi connectivity index (χ1n) is 6.39. The first-order chi connectivity index (χ1) is 7.90. The zero-order valence-electron chi connectivity index (χ0n) is 9.95. The lowest BCUT2D eigenvalue weighted by atomic mass is 10.1. The van der Waals surface area contributed by atoms with Crippen molar-refractivity contribution in [1.82, 2.24) is 10.2 Å². The number of nitrogens with one attached hydrogen (secondary N) is 1. The van der Waals surface area contributed by atoms with Crippen molar-refractivity contribution >= 4 is 0 Å². The summed E-state index contributed by atoms with van der Waals surface area (Å²) in [5.41, 5.74) is 3.10. The van der Waals surface area contributed by atoms with Crippen LogP contribution in [-0.2, 0) is 6.42 Å². The van der Waals surface area contributed by atoms with Crippen LogP contribution in [0.2, 0.25) is 0 Å². The maximum absolute atomic E-state index is 3.50. The Morgan fingerprint density at radius 2 is 1.94 bits per heavy atom. The molecule has 0 spiro atoms. The van der Waals surface area contributed by atoms with Crippen LogP contribution in [0, 0.1) is 0 Å². The normalized spacial score (nSPS) is 29.6. The SMILES string of the molecule is CNC1Cc2ccccc2C1N1CCCC1. The highest BCUT2D eigenvalue weighted by Gasteiger charge is 2.36. The second-order valence-electron chi connectivity index (χ2n) is 4.99. The molecule has 1 aromatic rings. The van der Waals surface area contributed by atoms with Crippen LogP contribution >= 0.6 is 0 Å². The molecular formula is C14H20N2. The monoisotopic (exact) mass is 216 g/mol. The predicted octanol–water partition coefficient (Wildman–Crippen LogP) is 1.97. The van der Waals surface area contributed by atoms with Gasteiger partial charge in [-0.1, -0.05) is 24.3 Å². The van der Waals surface area contributed by atoms with E-state index in [9.17, 15) is 0 Å². The highest BCUT2D eigenvalue weighted by atomic mass is 15.2. The van der Waals surface area contributed by atoms with Gasteiger partial charge in [-0.3, -0.25) is 4.90 Å². The molecule has 2 atom stereocenters. The van der Waals surface area contributed by atoms with Crippen molar-refractivity contribution in [2.45, 2.75) is 31.3 Å². The van der Waals surface area contributed by atoms with Crippen LogP contribution in [0.1, 0.15) is 30.0 Å². The number of rotatable bonds is 2. The van der Waals surface area contributed by atoms with Crippen LogP contribution in [0.3, 0.4) is 0 Å². The molecule has 0 amide bonds. The van der Waals surface area contributed by atoms with Gasteiger partial charge >= 0.3 is 0 Å². The maximum Gasteiger partial charge on any atom is 0.0507 e. The molecule has 2 nitrogen and oxygen atoms in total. The highest BCUT2D eigenvalue weighted by Crippen LogP contribution is 2.37. The largest absolute Gasteiger partial charge is 0.315 e. The van der Waals surface area contributed by atoms with Gasteiger partial charge in [0.05, 0.1) is 6.04 Å². The summed E-state index contributed by atoms with van der Waals surface area (Å²) in [4.78, 5) is 2.66. The van der Waals surface area contributed by atoms with Gasteiger partial charge in [0.25, 0.3) is 0 Å². The summed E-state index contributed by atoms with van der Waals surface area (Å²) in [6.45, 7) is 2.55. The number of fused-ring (bicyclic) bond motifs is 1. The third-order valence-electron chi connectivity index (χ3n) is 4.10. The minimum absolute atomic E-state index is 0.607. The van der Waals surface area contributed by atoms with E-state index in [-0.39, 0.29) is 0 Å². The second-order valence-corrected chi connectivity index (χ2v) is 4.99. The number of hydrogen-bond donors (Lipinski definition) is 1. The van der Waals surface area contributed by atoms with Crippen LogP contribution in [0.5, 0.6) is 0 Å². The molecule has 1 aliphatic heterocycles. The van der Waals surface area contributed by atoms with E-state index < -0.39 is 0 Å². The number of likely N-dealkylation sites (N-methyl/N-ethyl adjacent to an activating group) is 1. The Hall–Kier alpha value is -0.860. The second kappa shape index (κ2) is 4.19. The number of nitrogens with zero attached hydrogens (tertiary/aromatic N) is 1.